The summed E-state index contributed by atoms with van der Waals surface area (Å²) in [5.41, 5.74) is 0.0738. The number of hydrogen-bond acceptors (Lipinski definition) is 5. The Morgan fingerprint density at radius 2 is 2.17 bits per heavy atom. The minimum Gasteiger partial charge on any atom is -0.481 e. The molecule has 0 bridgehead atoms. The van der Waals surface area contributed by atoms with Gasteiger partial charge in [-0.3, -0.25) is 19.7 Å². The van der Waals surface area contributed by atoms with E-state index in [1.54, 1.807) is 0 Å². The second kappa shape index (κ2) is 5.71. The van der Waals surface area contributed by atoms with E-state index in [1.165, 1.54) is 19.2 Å². The Morgan fingerprint density at radius 3 is 2.72 bits per heavy atom. The molecule has 0 atom stereocenters. The molecule has 0 spiro atoms. The minimum absolute atomic E-state index is 0.171. The molecular weight excluding hydrogens is 242 g/mol. The van der Waals surface area contributed by atoms with Crippen molar-refractivity contribution in [1.82, 2.24) is 4.98 Å². The Morgan fingerprint density at radius 1 is 1.50 bits per heavy atom. The van der Waals surface area contributed by atoms with Crippen LogP contribution in [0.3, 0.4) is 0 Å². The van der Waals surface area contributed by atoms with Crippen molar-refractivity contribution in [2.75, 3.05) is 5.32 Å². The minimum atomic E-state index is -1.11. The highest BCUT2D eigenvalue weighted by molar-refractivity contribution is 5.93. The van der Waals surface area contributed by atoms with Crippen molar-refractivity contribution in [2.24, 2.45) is 0 Å². The molecule has 0 aromatic carbocycles. The predicted molar refractivity (Wildman–Crippen MR) is 61.1 cm³/mol. The van der Waals surface area contributed by atoms with Gasteiger partial charge in [-0.15, -0.1) is 0 Å². The van der Waals surface area contributed by atoms with Crippen LogP contribution < -0.4 is 5.32 Å². The van der Waals surface area contributed by atoms with Crippen molar-refractivity contribution >= 4 is 23.4 Å². The summed E-state index contributed by atoms with van der Waals surface area (Å²) >= 11 is 0. The van der Waals surface area contributed by atoms with Crippen LogP contribution in [-0.2, 0) is 9.59 Å². The van der Waals surface area contributed by atoms with Crippen LogP contribution in [-0.4, -0.2) is 26.9 Å². The van der Waals surface area contributed by atoms with Crippen LogP contribution in [0, 0.1) is 17.0 Å². The van der Waals surface area contributed by atoms with Gasteiger partial charge in [-0.25, -0.2) is 4.98 Å². The highest BCUT2D eigenvalue weighted by Crippen LogP contribution is 2.25. The van der Waals surface area contributed by atoms with E-state index in [0.717, 1.165) is 0 Å². The Hall–Kier alpha value is -2.51. The number of nitrogens with one attached hydrogen (secondary N) is 1. The largest absolute Gasteiger partial charge is 0.481 e. The quantitative estimate of drug-likeness (QED) is 0.598. The van der Waals surface area contributed by atoms with Crippen molar-refractivity contribution in [3.05, 3.63) is 27.9 Å². The van der Waals surface area contributed by atoms with Crippen molar-refractivity contribution in [2.45, 2.75) is 19.8 Å². The lowest BCUT2D eigenvalue weighted by atomic mass is 10.2. The van der Waals surface area contributed by atoms with Crippen molar-refractivity contribution in [3.8, 4) is 0 Å². The number of hydrogen-bond donors (Lipinski definition) is 2. The highest BCUT2D eigenvalue weighted by atomic mass is 16.6. The van der Waals surface area contributed by atoms with Crippen LogP contribution in [0.1, 0.15) is 18.4 Å². The highest BCUT2D eigenvalue weighted by Gasteiger charge is 2.20. The Kier molecular flexibility index (Phi) is 4.30. The number of aromatic nitrogens is 1. The lowest BCUT2D eigenvalue weighted by Crippen LogP contribution is -2.15. The summed E-state index contributed by atoms with van der Waals surface area (Å²) in [6.07, 6.45) is 0.725. The van der Waals surface area contributed by atoms with Crippen molar-refractivity contribution in [1.29, 1.82) is 0 Å². The maximum Gasteiger partial charge on any atom is 0.314 e. The van der Waals surface area contributed by atoms with Crippen LogP contribution in [0.15, 0.2) is 12.3 Å². The topological polar surface area (TPSA) is 122 Å². The molecule has 1 amide bonds. The smallest absolute Gasteiger partial charge is 0.314 e. The fourth-order valence-corrected chi connectivity index (χ4v) is 1.29. The van der Waals surface area contributed by atoms with E-state index in [0.29, 0.717) is 5.56 Å². The zero-order valence-electron chi connectivity index (χ0n) is 9.54. The molecule has 1 aromatic heterocycles. The molecule has 1 heterocycles. The average Bonchev–Trinajstić information content (AvgIpc) is 2.26. The third-order valence-electron chi connectivity index (χ3n) is 2.13. The van der Waals surface area contributed by atoms with Gasteiger partial charge in [0.25, 0.3) is 0 Å². The standard InChI is InChI=1S/C10H11N3O5/c1-6-4-5-11-10(9(6)13(17)18)12-7(14)2-3-8(15)16/h4-5H,2-3H2,1H3,(H,15,16)(H,11,12,14). The SMILES string of the molecule is Cc1ccnc(NC(=O)CCC(=O)O)c1[N+](=O)[O-]. The number of amides is 1. The summed E-state index contributed by atoms with van der Waals surface area (Å²) in [5.74, 6) is -1.91. The van der Waals surface area contributed by atoms with E-state index in [1.807, 2.05) is 0 Å². The second-order valence-electron chi connectivity index (χ2n) is 3.52. The Bertz CT molecular complexity index is 500. The number of rotatable bonds is 5. The van der Waals surface area contributed by atoms with E-state index < -0.39 is 16.8 Å². The first-order valence-corrected chi connectivity index (χ1v) is 5.03. The summed E-state index contributed by atoms with van der Waals surface area (Å²) < 4.78 is 0. The molecule has 8 nitrogen and oxygen atoms in total. The molecule has 1 rings (SSSR count). The van der Waals surface area contributed by atoms with E-state index in [2.05, 4.69) is 10.3 Å². The molecular formula is C10H11N3O5. The molecule has 0 saturated heterocycles. The zero-order valence-corrected chi connectivity index (χ0v) is 9.54. The van der Waals surface area contributed by atoms with E-state index in [9.17, 15) is 19.7 Å². The van der Waals surface area contributed by atoms with Gasteiger partial charge in [0.05, 0.1) is 11.3 Å². The van der Waals surface area contributed by atoms with Crippen LogP contribution in [0.25, 0.3) is 0 Å². The summed E-state index contributed by atoms with van der Waals surface area (Å²) in [5, 5.41) is 21.5. The van der Waals surface area contributed by atoms with E-state index in [-0.39, 0.29) is 24.3 Å². The fraction of sp³-hybridized carbons (Fsp3) is 0.300. The van der Waals surface area contributed by atoms with Gasteiger partial charge in [0.2, 0.25) is 11.7 Å². The Balaban J connectivity index is 2.84. The van der Waals surface area contributed by atoms with Crippen LogP contribution in [0.5, 0.6) is 0 Å². The average molecular weight is 253 g/mol. The maximum absolute atomic E-state index is 11.4. The first-order chi connectivity index (χ1) is 8.41. The fourth-order valence-electron chi connectivity index (χ4n) is 1.29. The number of aryl methyl sites for hydroxylation is 1. The predicted octanol–water partition coefficient (Wildman–Crippen LogP) is 1.10. The normalized spacial score (nSPS) is 9.83. The molecule has 0 saturated carbocycles. The van der Waals surface area contributed by atoms with Crippen LogP contribution >= 0.6 is 0 Å². The molecule has 2 N–H and O–H groups in total. The van der Waals surface area contributed by atoms with Gasteiger partial charge in [-0.1, -0.05) is 0 Å². The summed E-state index contributed by atoms with van der Waals surface area (Å²) in [6.45, 7) is 1.52. The monoisotopic (exact) mass is 253 g/mol. The van der Waals surface area contributed by atoms with Crippen molar-refractivity contribution in [3.63, 3.8) is 0 Å². The number of carboxylic acid groups (broad SMARTS) is 1. The van der Waals surface area contributed by atoms with Crippen molar-refractivity contribution < 1.29 is 19.6 Å². The van der Waals surface area contributed by atoms with Gasteiger partial charge in [0.1, 0.15) is 0 Å². The van der Waals surface area contributed by atoms with Gasteiger partial charge in [-0.05, 0) is 13.0 Å². The second-order valence-corrected chi connectivity index (χ2v) is 3.52. The molecule has 0 aliphatic heterocycles. The summed E-state index contributed by atoms with van der Waals surface area (Å²) in [6, 6.07) is 1.45. The molecule has 1 aromatic rings. The molecule has 96 valence electrons. The number of aliphatic carboxylic acids is 1. The number of pyridine rings is 1. The van der Waals surface area contributed by atoms with Gasteiger partial charge < -0.3 is 10.4 Å². The van der Waals surface area contributed by atoms with Crippen LogP contribution in [0.2, 0.25) is 0 Å². The lowest BCUT2D eigenvalue weighted by molar-refractivity contribution is -0.384. The summed E-state index contributed by atoms with van der Waals surface area (Å²) in [4.78, 5) is 35.5. The van der Waals surface area contributed by atoms with Crippen LogP contribution in [0.4, 0.5) is 11.5 Å². The number of anilines is 1. The number of nitrogens with zero attached hydrogens (tertiary/aromatic N) is 2. The number of nitro groups is 1. The molecule has 0 aliphatic carbocycles. The van der Waals surface area contributed by atoms with Gasteiger partial charge in [0.15, 0.2) is 0 Å². The zero-order chi connectivity index (χ0) is 13.7. The lowest BCUT2D eigenvalue weighted by Gasteiger charge is -2.05. The third-order valence-corrected chi connectivity index (χ3v) is 2.13. The molecule has 0 unspecified atom stereocenters. The number of carbonyl (C=O) groups excluding carboxylic acids is 1. The number of carbonyl (C=O) groups is 2. The molecule has 8 heteroatoms. The maximum atomic E-state index is 11.4. The number of carboxylic acids is 1. The Labute approximate surface area is 102 Å². The van der Waals surface area contributed by atoms with Gasteiger partial charge in [0, 0.05) is 18.2 Å². The first kappa shape index (κ1) is 13.6. The van der Waals surface area contributed by atoms with Gasteiger partial charge in [-0.2, -0.15) is 0 Å². The van der Waals surface area contributed by atoms with Gasteiger partial charge >= 0.3 is 11.7 Å². The molecule has 0 fully saturated rings. The molecule has 18 heavy (non-hydrogen) atoms. The third kappa shape index (κ3) is 3.51. The molecule has 0 aliphatic rings. The van der Waals surface area contributed by atoms with E-state index >= 15 is 0 Å². The van der Waals surface area contributed by atoms with E-state index in [4.69, 9.17) is 5.11 Å². The summed E-state index contributed by atoms with van der Waals surface area (Å²) in [7, 11) is 0. The molecule has 0 radical (unpaired) electrons. The first-order valence-electron chi connectivity index (χ1n) is 5.03.